The Labute approximate surface area is 86.0 Å². The lowest BCUT2D eigenvalue weighted by Crippen LogP contribution is -2.04. The topological polar surface area (TPSA) is 37.8 Å². The number of aromatic nitrogens is 2. The molecule has 78 valence electrons. The SMILES string of the molecule is CCCCc1nccc(NCCC)n1. The minimum Gasteiger partial charge on any atom is -0.370 e. The predicted molar refractivity (Wildman–Crippen MR) is 59.4 cm³/mol. The molecule has 0 aromatic carbocycles. The van der Waals surface area contributed by atoms with E-state index in [1.165, 1.54) is 6.42 Å². The van der Waals surface area contributed by atoms with E-state index >= 15 is 0 Å². The van der Waals surface area contributed by atoms with Gasteiger partial charge in [-0.3, -0.25) is 0 Å². The molecule has 0 amide bonds. The number of nitrogens with zero attached hydrogens (tertiary/aromatic N) is 2. The minimum absolute atomic E-state index is 0.952. The second kappa shape index (κ2) is 6.35. The Bertz CT molecular complexity index is 237. The van der Waals surface area contributed by atoms with Gasteiger partial charge in [0.05, 0.1) is 0 Å². The highest BCUT2D eigenvalue weighted by molar-refractivity contribution is 5.32. The van der Waals surface area contributed by atoms with Gasteiger partial charge < -0.3 is 5.32 Å². The van der Waals surface area contributed by atoms with Crippen LogP contribution >= 0.6 is 0 Å². The number of anilines is 1. The van der Waals surface area contributed by atoms with E-state index in [0.717, 1.165) is 37.4 Å². The average Bonchev–Trinajstić information content (AvgIpc) is 2.24. The fourth-order valence-electron chi connectivity index (χ4n) is 1.21. The summed E-state index contributed by atoms with van der Waals surface area (Å²) in [5.41, 5.74) is 0. The highest BCUT2D eigenvalue weighted by Gasteiger charge is 1.97. The fourth-order valence-corrected chi connectivity index (χ4v) is 1.21. The highest BCUT2D eigenvalue weighted by Crippen LogP contribution is 2.04. The molecule has 0 saturated heterocycles. The van der Waals surface area contributed by atoms with E-state index in [1.54, 1.807) is 0 Å². The summed E-state index contributed by atoms with van der Waals surface area (Å²) in [6.07, 6.45) is 6.29. The van der Waals surface area contributed by atoms with Crippen molar-refractivity contribution >= 4 is 5.82 Å². The second-order valence-corrected chi connectivity index (χ2v) is 3.39. The Morgan fingerprint density at radius 1 is 1.29 bits per heavy atom. The van der Waals surface area contributed by atoms with Gasteiger partial charge in [-0.05, 0) is 18.9 Å². The van der Waals surface area contributed by atoms with Crippen LogP contribution in [-0.4, -0.2) is 16.5 Å². The second-order valence-electron chi connectivity index (χ2n) is 3.39. The molecule has 3 nitrogen and oxygen atoms in total. The highest BCUT2D eigenvalue weighted by atomic mass is 15.0. The Hall–Kier alpha value is -1.12. The van der Waals surface area contributed by atoms with Crippen LogP contribution in [0.3, 0.4) is 0 Å². The zero-order chi connectivity index (χ0) is 10.2. The molecule has 0 aliphatic rings. The number of nitrogens with one attached hydrogen (secondary N) is 1. The van der Waals surface area contributed by atoms with Gasteiger partial charge in [0.25, 0.3) is 0 Å². The van der Waals surface area contributed by atoms with Gasteiger partial charge in [-0.15, -0.1) is 0 Å². The molecule has 0 radical (unpaired) electrons. The van der Waals surface area contributed by atoms with Crippen molar-refractivity contribution in [2.24, 2.45) is 0 Å². The first-order valence-corrected chi connectivity index (χ1v) is 5.42. The third-order valence-electron chi connectivity index (χ3n) is 2.02. The third-order valence-corrected chi connectivity index (χ3v) is 2.02. The summed E-state index contributed by atoms with van der Waals surface area (Å²) in [4.78, 5) is 8.66. The largest absolute Gasteiger partial charge is 0.370 e. The van der Waals surface area contributed by atoms with Crippen LogP contribution in [0.5, 0.6) is 0 Å². The first kappa shape index (κ1) is 11.0. The van der Waals surface area contributed by atoms with Crippen LogP contribution in [0.15, 0.2) is 12.3 Å². The molecule has 1 heterocycles. The van der Waals surface area contributed by atoms with Crippen molar-refractivity contribution in [3.63, 3.8) is 0 Å². The van der Waals surface area contributed by atoms with Gasteiger partial charge in [-0.1, -0.05) is 20.3 Å². The molecular weight excluding hydrogens is 174 g/mol. The quantitative estimate of drug-likeness (QED) is 0.754. The van der Waals surface area contributed by atoms with Gasteiger partial charge in [-0.2, -0.15) is 0 Å². The van der Waals surface area contributed by atoms with E-state index in [0.29, 0.717) is 0 Å². The van der Waals surface area contributed by atoms with E-state index in [9.17, 15) is 0 Å². The molecule has 14 heavy (non-hydrogen) atoms. The van der Waals surface area contributed by atoms with Gasteiger partial charge in [-0.25, -0.2) is 9.97 Å². The van der Waals surface area contributed by atoms with Crippen molar-refractivity contribution < 1.29 is 0 Å². The molecule has 0 saturated carbocycles. The van der Waals surface area contributed by atoms with Crippen LogP contribution in [0.25, 0.3) is 0 Å². The van der Waals surface area contributed by atoms with E-state index in [4.69, 9.17) is 0 Å². The summed E-state index contributed by atoms with van der Waals surface area (Å²) in [5.74, 6) is 1.90. The first-order valence-electron chi connectivity index (χ1n) is 5.42. The summed E-state index contributed by atoms with van der Waals surface area (Å²) in [5, 5.41) is 3.26. The molecule has 0 spiro atoms. The molecule has 1 N–H and O–H groups in total. The standard InChI is InChI=1S/C11H19N3/c1-3-5-6-10-13-9-7-11(14-10)12-8-4-2/h7,9H,3-6,8H2,1-2H3,(H,12,13,14). The Kier molecular flexibility index (Phi) is 4.97. The minimum atomic E-state index is 0.952. The van der Waals surface area contributed by atoms with Crippen molar-refractivity contribution in [2.45, 2.75) is 39.5 Å². The molecular formula is C11H19N3. The van der Waals surface area contributed by atoms with E-state index < -0.39 is 0 Å². The van der Waals surface area contributed by atoms with Crippen LogP contribution in [0, 0.1) is 0 Å². The van der Waals surface area contributed by atoms with Gasteiger partial charge in [0.15, 0.2) is 0 Å². The number of unbranched alkanes of at least 4 members (excludes halogenated alkanes) is 1. The molecule has 0 bridgehead atoms. The lowest BCUT2D eigenvalue weighted by molar-refractivity contribution is 0.752. The van der Waals surface area contributed by atoms with Crippen molar-refractivity contribution in [2.75, 3.05) is 11.9 Å². The fraction of sp³-hybridized carbons (Fsp3) is 0.636. The number of aryl methyl sites for hydroxylation is 1. The molecule has 1 aromatic heterocycles. The van der Waals surface area contributed by atoms with Crippen molar-refractivity contribution in [1.29, 1.82) is 0 Å². The van der Waals surface area contributed by atoms with E-state index in [2.05, 4.69) is 29.1 Å². The Morgan fingerprint density at radius 2 is 2.14 bits per heavy atom. The monoisotopic (exact) mass is 193 g/mol. The zero-order valence-corrected chi connectivity index (χ0v) is 9.08. The molecule has 0 aliphatic carbocycles. The summed E-state index contributed by atoms with van der Waals surface area (Å²) in [6.45, 7) is 5.30. The smallest absolute Gasteiger partial charge is 0.130 e. The van der Waals surface area contributed by atoms with Crippen molar-refractivity contribution in [3.05, 3.63) is 18.1 Å². The van der Waals surface area contributed by atoms with Gasteiger partial charge in [0, 0.05) is 19.2 Å². The number of hydrogen-bond acceptors (Lipinski definition) is 3. The lowest BCUT2D eigenvalue weighted by atomic mass is 10.2. The predicted octanol–water partition coefficient (Wildman–Crippen LogP) is 2.64. The molecule has 3 heteroatoms. The van der Waals surface area contributed by atoms with Crippen molar-refractivity contribution in [1.82, 2.24) is 9.97 Å². The van der Waals surface area contributed by atoms with E-state index in [-0.39, 0.29) is 0 Å². The maximum atomic E-state index is 4.43. The maximum Gasteiger partial charge on any atom is 0.130 e. The van der Waals surface area contributed by atoms with Gasteiger partial charge in [0.2, 0.25) is 0 Å². The van der Waals surface area contributed by atoms with Crippen LogP contribution in [-0.2, 0) is 6.42 Å². The van der Waals surface area contributed by atoms with Gasteiger partial charge in [0.1, 0.15) is 11.6 Å². The third kappa shape index (κ3) is 3.73. The van der Waals surface area contributed by atoms with Crippen LogP contribution < -0.4 is 5.32 Å². The molecule has 1 rings (SSSR count). The number of hydrogen-bond donors (Lipinski definition) is 1. The molecule has 1 aromatic rings. The summed E-state index contributed by atoms with van der Waals surface area (Å²) in [7, 11) is 0. The normalized spacial score (nSPS) is 10.1. The average molecular weight is 193 g/mol. The summed E-state index contributed by atoms with van der Waals surface area (Å²) < 4.78 is 0. The molecule has 0 fully saturated rings. The van der Waals surface area contributed by atoms with Crippen LogP contribution in [0.4, 0.5) is 5.82 Å². The van der Waals surface area contributed by atoms with Crippen LogP contribution in [0.2, 0.25) is 0 Å². The van der Waals surface area contributed by atoms with E-state index in [1.807, 2.05) is 12.3 Å². The molecule has 0 unspecified atom stereocenters. The van der Waals surface area contributed by atoms with Gasteiger partial charge >= 0.3 is 0 Å². The maximum absolute atomic E-state index is 4.43. The zero-order valence-electron chi connectivity index (χ0n) is 9.08. The molecule has 0 aliphatic heterocycles. The Morgan fingerprint density at radius 3 is 2.86 bits per heavy atom. The Balaban J connectivity index is 2.50. The lowest BCUT2D eigenvalue weighted by Gasteiger charge is -2.04. The molecule has 0 atom stereocenters. The number of rotatable bonds is 6. The van der Waals surface area contributed by atoms with Crippen LogP contribution in [0.1, 0.15) is 38.9 Å². The first-order chi connectivity index (χ1) is 6.86. The summed E-state index contributed by atoms with van der Waals surface area (Å²) in [6, 6.07) is 1.92. The summed E-state index contributed by atoms with van der Waals surface area (Å²) >= 11 is 0. The van der Waals surface area contributed by atoms with Crippen molar-refractivity contribution in [3.8, 4) is 0 Å².